The Morgan fingerprint density at radius 2 is 2.16 bits per heavy atom. The number of nitrogens with zero attached hydrogens (tertiary/aromatic N) is 3. The van der Waals surface area contributed by atoms with E-state index < -0.39 is 0 Å². The summed E-state index contributed by atoms with van der Waals surface area (Å²) in [5, 5.41) is 10.6. The van der Waals surface area contributed by atoms with Gasteiger partial charge in [-0.1, -0.05) is 23.7 Å². The molecule has 0 saturated carbocycles. The van der Waals surface area contributed by atoms with Gasteiger partial charge in [-0.05, 0) is 19.1 Å². The van der Waals surface area contributed by atoms with Gasteiger partial charge in [-0.25, -0.2) is 9.82 Å². The third kappa shape index (κ3) is 1.95. The van der Waals surface area contributed by atoms with Crippen molar-refractivity contribution in [2.24, 2.45) is 0 Å². The highest BCUT2D eigenvalue weighted by molar-refractivity contribution is 6.34. The average molecular weight is 279 g/mol. The number of nitrogens with one attached hydrogen (secondary N) is 1. The normalized spacial score (nSPS) is 17.7. The number of benzene rings is 1. The maximum atomic E-state index is 13.3. The SMILES string of the molecule is CC1NN(C)c2nnc(-c3cccc(F)c3)c(Cl)c21. The molecule has 0 bridgehead atoms. The summed E-state index contributed by atoms with van der Waals surface area (Å²) in [7, 11) is 1.86. The predicted molar refractivity (Wildman–Crippen MR) is 72.4 cm³/mol. The van der Waals surface area contributed by atoms with Crippen molar-refractivity contribution in [1.29, 1.82) is 0 Å². The molecule has 0 aliphatic carbocycles. The van der Waals surface area contributed by atoms with Crippen LogP contribution >= 0.6 is 11.6 Å². The second-order valence-corrected chi connectivity index (χ2v) is 4.90. The number of fused-ring (bicyclic) bond motifs is 1. The van der Waals surface area contributed by atoms with Crippen molar-refractivity contribution < 1.29 is 4.39 Å². The van der Waals surface area contributed by atoms with Gasteiger partial charge in [0.05, 0.1) is 11.1 Å². The Labute approximate surface area is 115 Å². The molecule has 0 fully saturated rings. The summed E-state index contributed by atoms with van der Waals surface area (Å²) in [5.74, 6) is 0.386. The van der Waals surface area contributed by atoms with Crippen molar-refractivity contribution in [2.45, 2.75) is 13.0 Å². The first-order chi connectivity index (χ1) is 9.08. The van der Waals surface area contributed by atoms with Crippen LogP contribution in [0, 0.1) is 5.82 Å². The summed E-state index contributed by atoms with van der Waals surface area (Å²) < 4.78 is 13.3. The van der Waals surface area contributed by atoms with E-state index in [1.54, 1.807) is 17.1 Å². The van der Waals surface area contributed by atoms with Gasteiger partial charge in [-0.3, -0.25) is 5.01 Å². The maximum absolute atomic E-state index is 13.3. The van der Waals surface area contributed by atoms with Gasteiger partial charge in [0.2, 0.25) is 0 Å². The van der Waals surface area contributed by atoms with E-state index in [0.29, 0.717) is 22.1 Å². The van der Waals surface area contributed by atoms with Crippen molar-refractivity contribution >= 4 is 17.4 Å². The molecule has 0 radical (unpaired) electrons. The summed E-state index contributed by atoms with van der Waals surface area (Å²) in [6, 6.07) is 6.23. The summed E-state index contributed by atoms with van der Waals surface area (Å²) in [6.07, 6.45) is 0. The highest BCUT2D eigenvalue weighted by Crippen LogP contribution is 2.39. The van der Waals surface area contributed by atoms with Crippen LogP contribution in [-0.4, -0.2) is 17.2 Å². The zero-order chi connectivity index (χ0) is 13.6. The molecule has 3 rings (SSSR count). The standard InChI is InChI=1S/C13H12ClFN4/c1-7-10-11(14)12(8-4-3-5-9(15)6-8)16-17-13(10)19(2)18-7/h3-7,18H,1-2H3. The summed E-state index contributed by atoms with van der Waals surface area (Å²) in [5.41, 5.74) is 5.20. The number of rotatable bonds is 1. The maximum Gasteiger partial charge on any atom is 0.171 e. The van der Waals surface area contributed by atoms with Crippen molar-refractivity contribution in [3.05, 3.63) is 40.7 Å². The smallest absolute Gasteiger partial charge is 0.171 e. The lowest BCUT2D eigenvalue weighted by molar-refractivity contribution is 0.615. The van der Waals surface area contributed by atoms with Crippen molar-refractivity contribution in [3.8, 4) is 11.3 Å². The molecular weight excluding hydrogens is 267 g/mol. The second kappa shape index (κ2) is 4.43. The Balaban J connectivity index is 2.18. The lowest BCUT2D eigenvalue weighted by Gasteiger charge is -2.10. The average Bonchev–Trinajstić information content (AvgIpc) is 2.66. The zero-order valence-corrected chi connectivity index (χ0v) is 11.2. The number of anilines is 1. The van der Waals surface area contributed by atoms with E-state index in [0.717, 1.165) is 5.56 Å². The molecule has 2 aromatic rings. The Morgan fingerprint density at radius 1 is 1.37 bits per heavy atom. The molecule has 2 heterocycles. The third-order valence-corrected chi connectivity index (χ3v) is 3.55. The highest BCUT2D eigenvalue weighted by atomic mass is 35.5. The second-order valence-electron chi connectivity index (χ2n) is 4.52. The highest BCUT2D eigenvalue weighted by Gasteiger charge is 2.29. The Kier molecular flexibility index (Phi) is 2.88. The van der Waals surface area contributed by atoms with Crippen molar-refractivity contribution in [2.75, 3.05) is 12.1 Å². The molecule has 6 heteroatoms. The van der Waals surface area contributed by atoms with Crippen LogP contribution in [0.2, 0.25) is 5.02 Å². The molecule has 1 aliphatic rings. The van der Waals surface area contributed by atoms with Gasteiger partial charge >= 0.3 is 0 Å². The lowest BCUT2D eigenvalue weighted by Crippen LogP contribution is -2.29. The fourth-order valence-electron chi connectivity index (χ4n) is 2.29. The molecule has 1 aromatic carbocycles. The van der Waals surface area contributed by atoms with Crippen molar-refractivity contribution in [3.63, 3.8) is 0 Å². The Morgan fingerprint density at radius 3 is 2.89 bits per heavy atom. The first kappa shape index (κ1) is 12.3. The molecule has 0 saturated heterocycles. The van der Waals surface area contributed by atoms with Crippen LogP contribution in [-0.2, 0) is 0 Å². The Bertz CT molecular complexity index is 647. The summed E-state index contributed by atoms with van der Waals surface area (Å²) in [4.78, 5) is 0. The minimum atomic E-state index is -0.320. The molecule has 0 amide bonds. The predicted octanol–water partition coefficient (Wildman–Crippen LogP) is 2.95. The molecule has 1 atom stereocenters. The van der Waals surface area contributed by atoms with Gasteiger partial charge in [0.25, 0.3) is 0 Å². The van der Waals surface area contributed by atoms with Gasteiger partial charge in [0.15, 0.2) is 5.82 Å². The molecule has 4 nitrogen and oxygen atoms in total. The fraction of sp³-hybridized carbons (Fsp3) is 0.231. The number of hydrazine groups is 1. The topological polar surface area (TPSA) is 41.0 Å². The summed E-state index contributed by atoms with van der Waals surface area (Å²) >= 11 is 6.41. The van der Waals surface area contributed by atoms with Gasteiger partial charge in [-0.15, -0.1) is 10.2 Å². The number of hydrogen-bond acceptors (Lipinski definition) is 4. The van der Waals surface area contributed by atoms with Crippen LogP contribution in [0.1, 0.15) is 18.5 Å². The third-order valence-electron chi connectivity index (χ3n) is 3.17. The number of aromatic nitrogens is 2. The summed E-state index contributed by atoms with van der Waals surface area (Å²) in [6.45, 7) is 1.99. The Hall–Kier alpha value is -1.72. The molecule has 98 valence electrons. The first-order valence-electron chi connectivity index (χ1n) is 5.90. The molecule has 1 unspecified atom stereocenters. The molecule has 0 spiro atoms. The molecule has 1 aromatic heterocycles. The first-order valence-corrected chi connectivity index (χ1v) is 6.27. The number of hydrogen-bond donors (Lipinski definition) is 1. The van der Waals surface area contributed by atoms with Crippen LogP contribution in [0.5, 0.6) is 0 Å². The minimum Gasteiger partial charge on any atom is -0.293 e. The monoisotopic (exact) mass is 278 g/mol. The molecular formula is C13H12ClFN4. The van der Waals surface area contributed by atoms with Crippen LogP contribution in [0.25, 0.3) is 11.3 Å². The minimum absolute atomic E-state index is 0.0512. The van der Waals surface area contributed by atoms with Crippen LogP contribution in [0.15, 0.2) is 24.3 Å². The van der Waals surface area contributed by atoms with E-state index in [2.05, 4.69) is 15.6 Å². The fourth-order valence-corrected chi connectivity index (χ4v) is 2.68. The number of halogens is 2. The molecule has 1 N–H and O–H groups in total. The van der Waals surface area contributed by atoms with E-state index in [4.69, 9.17) is 11.6 Å². The van der Waals surface area contributed by atoms with Gasteiger partial charge in [0, 0.05) is 18.2 Å². The van der Waals surface area contributed by atoms with E-state index in [9.17, 15) is 4.39 Å². The van der Waals surface area contributed by atoms with Crippen LogP contribution < -0.4 is 10.4 Å². The van der Waals surface area contributed by atoms with E-state index >= 15 is 0 Å². The van der Waals surface area contributed by atoms with Gasteiger partial charge < -0.3 is 0 Å². The lowest BCUT2D eigenvalue weighted by atomic mass is 10.1. The van der Waals surface area contributed by atoms with Crippen molar-refractivity contribution in [1.82, 2.24) is 15.6 Å². The molecule has 19 heavy (non-hydrogen) atoms. The largest absolute Gasteiger partial charge is 0.293 e. The van der Waals surface area contributed by atoms with Gasteiger partial charge in [-0.2, -0.15) is 0 Å². The zero-order valence-electron chi connectivity index (χ0n) is 10.5. The van der Waals surface area contributed by atoms with Crippen LogP contribution in [0.3, 0.4) is 0 Å². The quantitative estimate of drug-likeness (QED) is 0.871. The van der Waals surface area contributed by atoms with E-state index in [-0.39, 0.29) is 11.9 Å². The van der Waals surface area contributed by atoms with Crippen LogP contribution in [0.4, 0.5) is 10.2 Å². The van der Waals surface area contributed by atoms with Gasteiger partial charge in [0.1, 0.15) is 11.5 Å². The molecule has 1 aliphatic heterocycles. The van der Waals surface area contributed by atoms with E-state index in [1.165, 1.54) is 12.1 Å². The van der Waals surface area contributed by atoms with E-state index in [1.807, 2.05) is 14.0 Å².